The van der Waals surface area contributed by atoms with Crippen LogP contribution in [0.5, 0.6) is 0 Å². The van der Waals surface area contributed by atoms with Crippen molar-refractivity contribution in [2.45, 2.75) is 24.2 Å². The zero-order valence-electron chi connectivity index (χ0n) is 14.0. The average molecular weight is 368 g/mol. The van der Waals surface area contributed by atoms with Gasteiger partial charge in [0.2, 0.25) is 5.91 Å². The second-order valence-corrected chi connectivity index (χ2v) is 7.92. The van der Waals surface area contributed by atoms with E-state index in [1.54, 1.807) is 18.2 Å². The van der Waals surface area contributed by atoms with Crippen molar-refractivity contribution < 1.29 is 18.0 Å². The molecule has 0 unspecified atom stereocenters. The number of amides is 1. The molecule has 2 aromatic carbocycles. The summed E-state index contributed by atoms with van der Waals surface area (Å²) in [5.41, 5.74) is 1.76. The SMILES string of the molecule is CC(=O)c1ccc(S(=O)(=O)NC(=O)[C@H]2C[C@@H]2c2cccc(C#N)c2)cc1. The maximum absolute atomic E-state index is 12.3. The van der Waals surface area contributed by atoms with Gasteiger partial charge in [0.25, 0.3) is 10.0 Å². The van der Waals surface area contributed by atoms with Gasteiger partial charge < -0.3 is 0 Å². The topological polar surface area (TPSA) is 104 Å². The molecule has 7 heteroatoms. The second kappa shape index (κ2) is 6.73. The Morgan fingerprint density at radius 3 is 2.46 bits per heavy atom. The molecule has 1 saturated carbocycles. The molecule has 0 spiro atoms. The predicted molar refractivity (Wildman–Crippen MR) is 93.8 cm³/mol. The lowest BCUT2D eigenvalue weighted by Gasteiger charge is -2.07. The lowest BCUT2D eigenvalue weighted by Crippen LogP contribution is -2.32. The third-order valence-electron chi connectivity index (χ3n) is 4.38. The molecular formula is C19H16N2O4S. The van der Waals surface area contributed by atoms with Crippen LogP contribution in [0.2, 0.25) is 0 Å². The number of hydrogen-bond acceptors (Lipinski definition) is 5. The van der Waals surface area contributed by atoms with Crippen LogP contribution in [-0.2, 0) is 14.8 Å². The van der Waals surface area contributed by atoms with Gasteiger partial charge in [0, 0.05) is 11.5 Å². The molecule has 0 aromatic heterocycles. The number of carbonyl (C=O) groups excluding carboxylic acids is 2. The van der Waals surface area contributed by atoms with Crippen LogP contribution in [0.25, 0.3) is 0 Å². The maximum atomic E-state index is 12.3. The third kappa shape index (κ3) is 3.65. The second-order valence-electron chi connectivity index (χ2n) is 6.24. The Hall–Kier alpha value is -2.98. The molecular weight excluding hydrogens is 352 g/mol. The number of benzene rings is 2. The first-order valence-corrected chi connectivity index (χ1v) is 9.48. The summed E-state index contributed by atoms with van der Waals surface area (Å²) in [5.74, 6) is -1.25. The Balaban J connectivity index is 1.70. The molecule has 3 rings (SSSR count). The van der Waals surface area contributed by atoms with E-state index in [0.717, 1.165) is 5.56 Å². The molecule has 0 heterocycles. The number of sulfonamides is 1. The Labute approximate surface area is 151 Å². The van der Waals surface area contributed by atoms with Gasteiger partial charge in [0.1, 0.15) is 0 Å². The number of Topliss-reactive ketones (excluding diaryl/α,β-unsaturated/α-hetero) is 1. The largest absolute Gasteiger partial charge is 0.295 e. The van der Waals surface area contributed by atoms with Crippen molar-refractivity contribution in [3.63, 3.8) is 0 Å². The van der Waals surface area contributed by atoms with Crippen LogP contribution in [0.1, 0.15) is 40.7 Å². The third-order valence-corrected chi connectivity index (χ3v) is 5.74. The fourth-order valence-corrected chi connectivity index (χ4v) is 3.86. The minimum Gasteiger partial charge on any atom is -0.295 e. The number of nitrogens with one attached hydrogen (secondary N) is 1. The minimum atomic E-state index is -3.99. The van der Waals surface area contributed by atoms with E-state index in [1.165, 1.54) is 31.2 Å². The Kier molecular flexibility index (Phi) is 4.62. The number of nitriles is 1. The zero-order valence-corrected chi connectivity index (χ0v) is 14.8. The monoisotopic (exact) mass is 368 g/mol. The fourth-order valence-electron chi connectivity index (χ4n) is 2.83. The van der Waals surface area contributed by atoms with Crippen LogP contribution in [0, 0.1) is 17.2 Å². The van der Waals surface area contributed by atoms with Gasteiger partial charge in [-0.15, -0.1) is 0 Å². The molecule has 1 aliphatic rings. The molecule has 1 amide bonds. The van der Waals surface area contributed by atoms with Gasteiger partial charge in [-0.25, -0.2) is 13.1 Å². The quantitative estimate of drug-likeness (QED) is 0.816. The number of rotatable bonds is 5. The Morgan fingerprint density at radius 2 is 1.85 bits per heavy atom. The van der Waals surface area contributed by atoms with E-state index in [4.69, 9.17) is 5.26 Å². The average Bonchev–Trinajstić information content (AvgIpc) is 3.42. The van der Waals surface area contributed by atoms with Crippen molar-refractivity contribution in [3.05, 3.63) is 65.2 Å². The van der Waals surface area contributed by atoms with Crippen LogP contribution in [0.15, 0.2) is 53.4 Å². The fraction of sp³-hybridized carbons (Fsp3) is 0.211. The van der Waals surface area contributed by atoms with Crippen molar-refractivity contribution in [1.29, 1.82) is 5.26 Å². The van der Waals surface area contributed by atoms with Crippen molar-refractivity contribution in [2.24, 2.45) is 5.92 Å². The normalized spacial score (nSPS) is 18.6. The van der Waals surface area contributed by atoms with Crippen LogP contribution in [0.4, 0.5) is 0 Å². The summed E-state index contributed by atoms with van der Waals surface area (Å²) in [6.07, 6.45) is 0.541. The van der Waals surface area contributed by atoms with E-state index < -0.39 is 21.8 Å². The summed E-state index contributed by atoms with van der Waals surface area (Å²) in [4.78, 5) is 23.5. The molecule has 0 aliphatic heterocycles. The highest BCUT2D eigenvalue weighted by Gasteiger charge is 2.45. The van der Waals surface area contributed by atoms with E-state index in [-0.39, 0.29) is 16.6 Å². The van der Waals surface area contributed by atoms with Gasteiger partial charge in [-0.2, -0.15) is 5.26 Å². The van der Waals surface area contributed by atoms with E-state index in [9.17, 15) is 18.0 Å². The summed E-state index contributed by atoms with van der Waals surface area (Å²) in [7, 11) is -3.99. The summed E-state index contributed by atoms with van der Waals surface area (Å²) in [6, 6.07) is 14.4. The van der Waals surface area contributed by atoms with Crippen molar-refractivity contribution >= 4 is 21.7 Å². The zero-order chi connectivity index (χ0) is 18.9. The van der Waals surface area contributed by atoms with E-state index in [1.807, 2.05) is 12.1 Å². The van der Waals surface area contributed by atoms with Crippen LogP contribution in [0.3, 0.4) is 0 Å². The molecule has 0 saturated heterocycles. The molecule has 6 nitrogen and oxygen atoms in total. The Morgan fingerprint density at radius 1 is 1.15 bits per heavy atom. The van der Waals surface area contributed by atoms with Crippen molar-refractivity contribution in [1.82, 2.24) is 4.72 Å². The first kappa shape index (κ1) is 17.8. The summed E-state index contributed by atoms with van der Waals surface area (Å²) >= 11 is 0. The smallest absolute Gasteiger partial charge is 0.264 e. The molecule has 0 radical (unpaired) electrons. The van der Waals surface area contributed by atoms with Gasteiger partial charge in [0.15, 0.2) is 5.78 Å². The highest BCUT2D eigenvalue weighted by atomic mass is 32.2. The Bertz CT molecular complexity index is 1020. The van der Waals surface area contributed by atoms with Crippen molar-refractivity contribution in [3.8, 4) is 6.07 Å². The van der Waals surface area contributed by atoms with Crippen LogP contribution >= 0.6 is 0 Å². The number of hydrogen-bond donors (Lipinski definition) is 1. The van der Waals surface area contributed by atoms with Gasteiger partial charge in [-0.1, -0.05) is 24.3 Å². The summed E-state index contributed by atoms with van der Waals surface area (Å²) < 4.78 is 26.8. The molecule has 1 aliphatic carbocycles. The first-order chi connectivity index (χ1) is 12.3. The molecule has 26 heavy (non-hydrogen) atoms. The van der Waals surface area contributed by atoms with E-state index in [2.05, 4.69) is 4.72 Å². The van der Waals surface area contributed by atoms with Crippen molar-refractivity contribution in [2.75, 3.05) is 0 Å². The maximum Gasteiger partial charge on any atom is 0.264 e. The molecule has 2 atom stereocenters. The predicted octanol–water partition coefficient (Wildman–Crippen LogP) is 2.37. The van der Waals surface area contributed by atoms with E-state index in [0.29, 0.717) is 17.5 Å². The number of carbonyl (C=O) groups is 2. The lowest BCUT2D eigenvalue weighted by atomic mass is 10.1. The number of ketones is 1. The van der Waals surface area contributed by atoms with Gasteiger partial charge in [0.05, 0.1) is 16.5 Å². The van der Waals surface area contributed by atoms with Gasteiger partial charge >= 0.3 is 0 Å². The first-order valence-electron chi connectivity index (χ1n) is 7.99. The highest BCUT2D eigenvalue weighted by molar-refractivity contribution is 7.90. The van der Waals surface area contributed by atoms with Gasteiger partial charge in [-0.05, 0) is 49.1 Å². The minimum absolute atomic E-state index is 0.0699. The molecule has 132 valence electrons. The summed E-state index contributed by atoms with van der Waals surface area (Å²) in [6.45, 7) is 1.39. The van der Waals surface area contributed by atoms with Crippen LogP contribution in [-0.4, -0.2) is 20.1 Å². The molecule has 1 fully saturated rings. The molecule has 1 N–H and O–H groups in total. The summed E-state index contributed by atoms with van der Waals surface area (Å²) in [5, 5.41) is 8.94. The van der Waals surface area contributed by atoms with Gasteiger partial charge in [-0.3, -0.25) is 9.59 Å². The lowest BCUT2D eigenvalue weighted by molar-refractivity contribution is -0.120. The number of nitrogens with zero attached hydrogens (tertiary/aromatic N) is 1. The highest BCUT2D eigenvalue weighted by Crippen LogP contribution is 2.47. The van der Waals surface area contributed by atoms with Crippen LogP contribution < -0.4 is 4.72 Å². The molecule has 2 aromatic rings. The standard InChI is InChI=1S/C19H16N2O4S/c1-12(22)14-5-7-16(8-6-14)26(24,25)21-19(23)18-10-17(18)15-4-2-3-13(9-15)11-20/h2-9,17-18H,10H2,1H3,(H,21,23)/t17-,18+/m1/s1. The molecule has 0 bridgehead atoms. The van der Waals surface area contributed by atoms with E-state index >= 15 is 0 Å².